The maximum atomic E-state index is 5.53. The van der Waals surface area contributed by atoms with Crippen molar-refractivity contribution in [2.45, 2.75) is 26.2 Å². The van der Waals surface area contributed by atoms with Crippen molar-refractivity contribution >= 4 is 0 Å². The van der Waals surface area contributed by atoms with Crippen molar-refractivity contribution in [1.29, 1.82) is 0 Å². The molecule has 2 rings (SSSR count). The van der Waals surface area contributed by atoms with E-state index in [-0.39, 0.29) is 0 Å². The highest BCUT2D eigenvalue weighted by Crippen LogP contribution is 2.21. The Balaban J connectivity index is 2.13. The minimum atomic E-state index is 0.789. The smallest absolute Gasteiger partial charge is 0.00772 e. The highest BCUT2D eigenvalue weighted by Gasteiger charge is 1.99. The third kappa shape index (κ3) is 3.44. The molecule has 2 N–H and O–H groups in total. The van der Waals surface area contributed by atoms with Gasteiger partial charge in [0.1, 0.15) is 0 Å². The van der Waals surface area contributed by atoms with Gasteiger partial charge in [-0.05, 0) is 49.4 Å². The SMILES string of the molecule is Cc1ccc(-c2cccc(CCCCN)c2)cc1. The number of unbranched alkanes of at least 4 members (excludes halogenated alkanes) is 1. The molecule has 0 heterocycles. The van der Waals surface area contributed by atoms with Gasteiger partial charge in [0.2, 0.25) is 0 Å². The maximum Gasteiger partial charge on any atom is -0.00772 e. The van der Waals surface area contributed by atoms with E-state index in [0.717, 1.165) is 19.4 Å². The average molecular weight is 239 g/mol. The summed E-state index contributed by atoms with van der Waals surface area (Å²) in [5.41, 5.74) is 10.8. The zero-order chi connectivity index (χ0) is 12.8. The fraction of sp³-hybridized carbons (Fsp3) is 0.294. The fourth-order valence-corrected chi connectivity index (χ4v) is 2.13. The van der Waals surface area contributed by atoms with Gasteiger partial charge in [-0.25, -0.2) is 0 Å². The van der Waals surface area contributed by atoms with E-state index < -0.39 is 0 Å². The molecule has 0 unspecified atom stereocenters. The molecule has 2 aromatic carbocycles. The van der Waals surface area contributed by atoms with Crippen molar-refractivity contribution < 1.29 is 0 Å². The predicted octanol–water partition coefficient (Wildman–Crippen LogP) is 3.94. The Hall–Kier alpha value is -1.60. The first-order valence-electron chi connectivity index (χ1n) is 6.65. The van der Waals surface area contributed by atoms with E-state index in [1.807, 2.05) is 0 Å². The van der Waals surface area contributed by atoms with Crippen molar-refractivity contribution in [3.63, 3.8) is 0 Å². The van der Waals surface area contributed by atoms with Crippen LogP contribution in [-0.4, -0.2) is 6.54 Å². The lowest BCUT2D eigenvalue weighted by atomic mass is 10.00. The van der Waals surface area contributed by atoms with Crippen LogP contribution in [0.15, 0.2) is 48.5 Å². The molecule has 1 nitrogen and oxygen atoms in total. The molecular formula is C17H21N. The standard InChI is InChI=1S/C17H21N/c1-14-8-10-16(11-9-14)17-7-4-6-15(13-17)5-2-3-12-18/h4,6-11,13H,2-3,5,12,18H2,1H3. The molecule has 0 aliphatic heterocycles. The number of benzene rings is 2. The predicted molar refractivity (Wildman–Crippen MR) is 78.6 cm³/mol. The van der Waals surface area contributed by atoms with Gasteiger partial charge in [0, 0.05) is 0 Å². The second-order valence-corrected chi connectivity index (χ2v) is 4.81. The summed E-state index contributed by atoms with van der Waals surface area (Å²) in [6.07, 6.45) is 3.40. The van der Waals surface area contributed by atoms with Crippen LogP contribution in [0.1, 0.15) is 24.0 Å². The third-order valence-electron chi connectivity index (χ3n) is 3.23. The summed E-state index contributed by atoms with van der Waals surface area (Å²) in [5, 5.41) is 0. The van der Waals surface area contributed by atoms with Gasteiger partial charge in [-0.15, -0.1) is 0 Å². The molecule has 1 heteroatoms. The van der Waals surface area contributed by atoms with E-state index >= 15 is 0 Å². The molecule has 0 amide bonds. The Labute approximate surface area is 110 Å². The Morgan fingerprint density at radius 2 is 1.67 bits per heavy atom. The second kappa shape index (κ2) is 6.36. The molecule has 0 aliphatic carbocycles. The summed E-state index contributed by atoms with van der Waals surface area (Å²) >= 11 is 0. The highest BCUT2D eigenvalue weighted by atomic mass is 14.5. The zero-order valence-electron chi connectivity index (χ0n) is 11.0. The van der Waals surface area contributed by atoms with Crippen LogP contribution in [-0.2, 0) is 6.42 Å². The minimum absolute atomic E-state index is 0.789. The third-order valence-corrected chi connectivity index (χ3v) is 3.23. The van der Waals surface area contributed by atoms with Crippen LogP contribution in [0.3, 0.4) is 0 Å². The van der Waals surface area contributed by atoms with Gasteiger partial charge in [0.15, 0.2) is 0 Å². The summed E-state index contributed by atoms with van der Waals surface area (Å²) < 4.78 is 0. The first-order chi connectivity index (χ1) is 8.79. The van der Waals surface area contributed by atoms with E-state index in [1.165, 1.54) is 28.7 Å². The van der Waals surface area contributed by atoms with E-state index in [2.05, 4.69) is 55.5 Å². The summed E-state index contributed by atoms with van der Waals surface area (Å²) in [6.45, 7) is 2.91. The van der Waals surface area contributed by atoms with Crippen LogP contribution in [0, 0.1) is 6.92 Å². The fourth-order valence-electron chi connectivity index (χ4n) is 2.13. The van der Waals surface area contributed by atoms with E-state index in [1.54, 1.807) is 0 Å². The molecule has 0 bridgehead atoms. The molecule has 2 aromatic rings. The molecule has 0 spiro atoms. The van der Waals surface area contributed by atoms with Crippen LogP contribution in [0.2, 0.25) is 0 Å². The highest BCUT2D eigenvalue weighted by molar-refractivity contribution is 5.64. The summed E-state index contributed by atoms with van der Waals surface area (Å²) in [5.74, 6) is 0. The molecule has 0 fully saturated rings. The lowest BCUT2D eigenvalue weighted by Crippen LogP contribution is -1.99. The Kier molecular flexibility index (Phi) is 4.54. The van der Waals surface area contributed by atoms with Crippen molar-refractivity contribution in [2.75, 3.05) is 6.54 Å². The van der Waals surface area contributed by atoms with Gasteiger partial charge in [0.05, 0.1) is 0 Å². The molecule has 94 valence electrons. The van der Waals surface area contributed by atoms with Gasteiger partial charge < -0.3 is 5.73 Å². The summed E-state index contributed by atoms with van der Waals surface area (Å²) in [6, 6.07) is 17.5. The molecule has 0 aliphatic rings. The van der Waals surface area contributed by atoms with Crippen molar-refractivity contribution in [3.8, 4) is 11.1 Å². The minimum Gasteiger partial charge on any atom is -0.330 e. The largest absolute Gasteiger partial charge is 0.330 e. The Bertz CT molecular complexity index is 485. The zero-order valence-corrected chi connectivity index (χ0v) is 11.0. The Morgan fingerprint density at radius 3 is 2.39 bits per heavy atom. The maximum absolute atomic E-state index is 5.53. The second-order valence-electron chi connectivity index (χ2n) is 4.81. The van der Waals surface area contributed by atoms with Gasteiger partial charge in [-0.3, -0.25) is 0 Å². The van der Waals surface area contributed by atoms with Crippen molar-refractivity contribution in [2.24, 2.45) is 5.73 Å². The molecule has 18 heavy (non-hydrogen) atoms. The van der Waals surface area contributed by atoms with Crippen LogP contribution < -0.4 is 5.73 Å². The van der Waals surface area contributed by atoms with Crippen LogP contribution in [0.5, 0.6) is 0 Å². The molecule has 0 radical (unpaired) electrons. The average Bonchev–Trinajstić information content (AvgIpc) is 2.40. The van der Waals surface area contributed by atoms with E-state index in [0.29, 0.717) is 0 Å². The van der Waals surface area contributed by atoms with Gasteiger partial charge in [-0.2, -0.15) is 0 Å². The molecule has 0 atom stereocenters. The number of hydrogen-bond acceptors (Lipinski definition) is 1. The topological polar surface area (TPSA) is 26.0 Å². The lowest BCUT2D eigenvalue weighted by molar-refractivity contribution is 0.745. The van der Waals surface area contributed by atoms with Crippen LogP contribution in [0.25, 0.3) is 11.1 Å². The monoisotopic (exact) mass is 239 g/mol. The lowest BCUT2D eigenvalue weighted by Gasteiger charge is -2.06. The first-order valence-corrected chi connectivity index (χ1v) is 6.65. The molecule has 0 saturated carbocycles. The normalized spacial score (nSPS) is 10.6. The van der Waals surface area contributed by atoms with Crippen molar-refractivity contribution in [3.05, 3.63) is 59.7 Å². The quantitative estimate of drug-likeness (QED) is 0.786. The Morgan fingerprint density at radius 1 is 0.889 bits per heavy atom. The molecule has 0 aromatic heterocycles. The molecule has 0 saturated heterocycles. The van der Waals surface area contributed by atoms with E-state index in [4.69, 9.17) is 5.73 Å². The van der Waals surface area contributed by atoms with Gasteiger partial charge in [0.25, 0.3) is 0 Å². The van der Waals surface area contributed by atoms with E-state index in [9.17, 15) is 0 Å². The van der Waals surface area contributed by atoms with Gasteiger partial charge >= 0.3 is 0 Å². The van der Waals surface area contributed by atoms with Crippen LogP contribution >= 0.6 is 0 Å². The summed E-state index contributed by atoms with van der Waals surface area (Å²) in [4.78, 5) is 0. The van der Waals surface area contributed by atoms with Gasteiger partial charge in [-0.1, -0.05) is 54.1 Å². The number of nitrogens with two attached hydrogens (primary N) is 1. The molecular weight excluding hydrogens is 218 g/mol. The first kappa shape index (κ1) is 12.8. The number of rotatable bonds is 5. The number of hydrogen-bond donors (Lipinski definition) is 1. The van der Waals surface area contributed by atoms with Crippen LogP contribution in [0.4, 0.5) is 0 Å². The number of aryl methyl sites for hydroxylation is 2. The van der Waals surface area contributed by atoms with Crippen molar-refractivity contribution in [1.82, 2.24) is 0 Å². The summed E-state index contributed by atoms with van der Waals surface area (Å²) in [7, 11) is 0.